The lowest BCUT2D eigenvalue weighted by Gasteiger charge is -2.42. The van der Waals surface area contributed by atoms with Gasteiger partial charge >= 0.3 is 5.91 Å². The number of likely N-dealkylation sites (tertiary alicyclic amines) is 1. The Morgan fingerprint density at radius 2 is 1.56 bits per heavy atom. The smallest absolute Gasteiger partial charge is 0.355 e. The van der Waals surface area contributed by atoms with Gasteiger partial charge in [-0.25, -0.2) is 9.28 Å². The topological polar surface area (TPSA) is 106 Å². The zero-order valence-corrected chi connectivity index (χ0v) is 19.6. The molecule has 1 heterocycles. The molecule has 0 aliphatic carbocycles. The molecule has 0 bridgehead atoms. The van der Waals surface area contributed by atoms with Crippen LogP contribution < -0.4 is 11.5 Å². The Morgan fingerprint density at radius 1 is 0.971 bits per heavy atom. The van der Waals surface area contributed by atoms with E-state index >= 15 is 0 Å². The molecule has 2 amide bonds. The highest BCUT2D eigenvalue weighted by Gasteiger charge is 2.59. The Kier molecular flexibility index (Phi) is 6.86. The summed E-state index contributed by atoms with van der Waals surface area (Å²) in [7, 11) is 0. The number of amides is 2. The number of nitrogens with two attached hydrogens (primary N) is 2. The highest BCUT2D eigenvalue weighted by Crippen LogP contribution is 2.41. The van der Waals surface area contributed by atoms with Gasteiger partial charge in [-0.15, -0.1) is 0 Å². The summed E-state index contributed by atoms with van der Waals surface area (Å²) >= 11 is 6.29. The molecule has 5 N–H and O–H groups in total. The first-order chi connectivity index (χ1) is 16.3. The third-order valence-electron chi connectivity index (χ3n) is 6.90. The van der Waals surface area contributed by atoms with Crippen LogP contribution in [0.1, 0.15) is 35.1 Å². The summed E-state index contributed by atoms with van der Waals surface area (Å²) in [6, 6.07) is 22.2. The maximum atomic E-state index is 14.6. The lowest BCUT2D eigenvalue weighted by molar-refractivity contribution is -0.873. The first kappa shape index (κ1) is 24.1. The fourth-order valence-electron chi connectivity index (χ4n) is 5.20. The highest BCUT2D eigenvalue weighted by atomic mass is 35.5. The molecule has 1 saturated heterocycles. The molecule has 1 aliphatic rings. The van der Waals surface area contributed by atoms with Gasteiger partial charge in [-0.2, -0.15) is 0 Å². The summed E-state index contributed by atoms with van der Waals surface area (Å²) in [6.07, 6.45) is 1.08. The number of hydrogen-bond acceptors (Lipinski definition) is 4. The summed E-state index contributed by atoms with van der Waals surface area (Å²) in [5.41, 5.74) is 12.3. The van der Waals surface area contributed by atoms with E-state index in [9.17, 15) is 14.7 Å². The van der Waals surface area contributed by atoms with E-state index in [1.54, 1.807) is 60.7 Å². The largest absolute Gasteiger partial charge is 0.369 e. The van der Waals surface area contributed by atoms with Crippen LogP contribution in [0.2, 0.25) is 5.02 Å². The maximum Gasteiger partial charge on any atom is 0.355 e. The second-order valence-electron chi connectivity index (χ2n) is 8.84. The molecule has 1 unspecified atom stereocenters. The number of carbonyl (C=O) groups is 2. The molecule has 1 aliphatic heterocycles. The van der Waals surface area contributed by atoms with E-state index in [1.165, 1.54) is 0 Å². The van der Waals surface area contributed by atoms with Crippen LogP contribution in [0.15, 0.2) is 78.9 Å². The van der Waals surface area contributed by atoms with Crippen molar-refractivity contribution in [2.75, 3.05) is 6.54 Å². The average Bonchev–Trinajstić information content (AvgIpc) is 3.29. The van der Waals surface area contributed by atoms with E-state index in [-0.39, 0.29) is 17.6 Å². The lowest BCUT2D eigenvalue weighted by atomic mass is 9.83. The van der Waals surface area contributed by atoms with E-state index < -0.39 is 23.5 Å². The monoisotopic (exact) mass is 478 g/mol. The van der Waals surface area contributed by atoms with Crippen molar-refractivity contribution < 1.29 is 19.2 Å². The van der Waals surface area contributed by atoms with Crippen molar-refractivity contribution in [3.05, 3.63) is 106 Å². The van der Waals surface area contributed by atoms with Crippen LogP contribution in [0.5, 0.6) is 0 Å². The maximum absolute atomic E-state index is 14.6. The summed E-state index contributed by atoms with van der Waals surface area (Å²) < 4.78 is -0.303. The Hall–Kier alpha value is -3.03. The standard InChI is InChI=1S/C27H28ClN3O3/c28-23-14-13-19(17-29)20(16-23)18-31(15-7-12-24(31)25(30)32)26(33)27(34,21-8-3-1-4-9-21)22-10-5-2-6-11-22/h1-6,8-11,13-14,16,24,34H,7,12,15,17-18,29H2,(H-,30,32)/p+1/t24-,31?/m0/s1. The number of carbonyl (C=O) groups excluding carboxylic acids is 2. The fraction of sp³-hybridized carbons (Fsp3) is 0.259. The van der Waals surface area contributed by atoms with Crippen LogP contribution in [0.3, 0.4) is 0 Å². The Morgan fingerprint density at radius 3 is 2.09 bits per heavy atom. The Balaban J connectivity index is 1.93. The third kappa shape index (κ3) is 4.14. The molecular weight excluding hydrogens is 450 g/mol. The molecule has 2 atom stereocenters. The molecule has 1 fully saturated rings. The Labute approximate surface area is 204 Å². The van der Waals surface area contributed by atoms with Crippen molar-refractivity contribution in [2.45, 2.75) is 37.6 Å². The van der Waals surface area contributed by atoms with Crippen LogP contribution in [0.25, 0.3) is 0 Å². The molecule has 34 heavy (non-hydrogen) atoms. The van der Waals surface area contributed by atoms with Crippen molar-refractivity contribution in [3.8, 4) is 0 Å². The summed E-state index contributed by atoms with van der Waals surface area (Å²) in [6.45, 7) is 0.774. The van der Waals surface area contributed by atoms with Crippen LogP contribution in [-0.4, -0.2) is 34.0 Å². The van der Waals surface area contributed by atoms with Crippen LogP contribution in [-0.2, 0) is 28.3 Å². The second kappa shape index (κ2) is 9.68. The fourth-order valence-corrected chi connectivity index (χ4v) is 5.39. The van der Waals surface area contributed by atoms with Crippen molar-refractivity contribution in [1.82, 2.24) is 0 Å². The van der Waals surface area contributed by atoms with Crippen LogP contribution in [0.4, 0.5) is 0 Å². The third-order valence-corrected chi connectivity index (χ3v) is 7.13. The lowest BCUT2D eigenvalue weighted by Crippen LogP contribution is -2.65. The number of aliphatic hydroxyl groups is 1. The highest BCUT2D eigenvalue weighted by molar-refractivity contribution is 6.30. The molecule has 0 saturated carbocycles. The molecule has 7 heteroatoms. The van der Waals surface area contributed by atoms with E-state index in [4.69, 9.17) is 23.1 Å². The normalized spacial score (nSPS) is 20.3. The number of halogens is 1. The predicted octanol–water partition coefficient (Wildman–Crippen LogP) is 3.23. The molecule has 3 aromatic rings. The Bertz CT molecular complexity index is 1150. The van der Waals surface area contributed by atoms with E-state index in [2.05, 4.69) is 0 Å². The van der Waals surface area contributed by atoms with Crippen LogP contribution in [0, 0.1) is 0 Å². The summed E-state index contributed by atoms with van der Waals surface area (Å²) in [4.78, 5) is 27.3. The first-order valence-electron chi connectivity index (χ1n) is 11.3. The summed E-state index contributed by atoms with van der Waals surface area (Å²) in [5, 5.41) is 12.7. The van der Waals surface area contributed by atoms with Crippen molar-refractivity contribution in [2.24, 2.45) is 11.5 Å². The number of primary amides is 1. The number of nitrogens with zero attached hydrogens (tertiary/aromatic N) is 1. The van der Waals surface area contributed by atoms with Gasteiger partial charge in [0.1, 0.15) is 6.54 Å². The minimum Gasteiger partial charge on any atom is -0.369 e. The van der Waals surface area contributed by atoms with E-state index in [0.717, 1.165) is 11.1 Å². The van der Waals surface area contributed by atoms with Gasteiger partial charge in [0.05, 0.1) is 6.54 Å². The number of quaternary nitrogens is 1. The molecule has 0 spiro atoms. The van der Waals surface area contributed by atoms with Crippen molar-refractivity contribution in [1.29, 1.82) is 0 Å². The zero-order valence-electron chi connectivity index (χ0n) is 18.9. The van der Waals surface area contributed by atoms with Crippen molar-refractivity contribution >= 4 is 23.4 Å². The second-order valence-corrected chi connectivity index (χ2v) is 9.28. The number of benzene rings is 3. The molecule has 4 rings (SSSR count). The SMILES string of the molecule is NCc1ccc(Cl)cc1C[N+]1(C(=O)C(O)(c2ccccc2)c2ccccc2)CCC[C@H]1C(N)=O. The quantitative estimate of drug-likeness (QED) is 0.453. The predicted molar refractivity (Wildman–Crippen MR) is 131 cm³/mol. The van der Waals surface area contributed by atoms with Gasteiger partial charge in [0.2, 0.25) is 5.60 Å². The van der Waals surface area contributed by atoms with Gasteiger partial charge < -0.3 is 16.6 Å². The van der Waals surface area contributed by atoms with Gasteiger partial charge in [-0.3, -0.25) is 4.79 Å². The average molecular weight is 479 g/mol. The molecule has 0 radical (unpaired) electrons. The van der Waals surface area contributed by atoms with E-state index in [0.29, 0.717) is 35.5 Å². The van der Waals surface area contributed by atoms with Gasteiger partial charge in [0, 0.05) is 41.1 Å². The molecule has 176 valence electrons. The molecular formula is C27H29ClN3O3+. The molecule has 6 nitrogen and oxygen atoms in total. The van der Waals surface area contributed by atoms with Gasteiger partial charge in [-0.05, 0) is 17.7 Å². The first-order valence-corrected chi connectivity index (χ1v) is 11.7. The number of rotatable bonds is 7. The minimum atomic E-state index is -1.98. The van der Waals surface area contributed by atoms with Gasteiger partial charge in [0.15, 0.2) is 6.04 Å². The zero-order chi connectivity index (χ0) is 24.3. The minimum absolute atomic E-state index is 0.154. The molecule has 0 aromatic heterocycles. The van der Waals surface area contributed by atoms with Crippen LogP contribution >= 0.6 is 11.6 Å². The van der Waals surface area contributed by atoms with E-state index in [1.807, 2.05) is 18.2 Å². The number of hydrogen-bond donors (Lipinski definition) is 3. The van der Waals surface area contributed by atoms with Gasteiger partial charge in [0.25, 0.3) is 5.91 Å². The summed E-state index contributed by atoms with van der Waals surface area (Å²) in [5.74, 6) is -1.06. The molecule has 3 aromatic carbocycles. The van der Waals surface area contributed by atoms with Crippen molar-refractivity contribution in [3.63, 3.8) is 0 Å². The van der Waals surface area contributed by atoms with Gasteiger partial charge in [-0.1, -0.05) is 78.3 Å².